The summed E-state index contributed by atoms with van der Waals surface area (Å²) in [6, 6.07) is 1.29. The first-order valence-corrected chi connectivity index (χ1v) is 9.99. The Balaban J connectivity index is 1.95. The molecule has 1 aliphatic carbocycles. The zero-order chi connectivity index (χ0) is 23.4. The van der Waals surface area contributed by atoms with E-state index in [9.17, 15) is 31.5 Å². The number of carbonyl (C=O) groups is 2. The highest BCUT2D eigenvalue weighted by molar-refractivity contribution is 5.87. The predicted octanol–water partition coefficient (Wildman–Crippen LogP) is 4.82. The van der Waals surface area contributed by atoms with E-state index in [4.69, 9.17) is 4.74 Å². The van der Waals surface area contributed by atoms with E-state index in [1.54, 1.807) is 27.7 Å². The topological polar surface area (TPSA) is 49.9 Å². The van der Waals surface area contributed by atoms with Crippen molar-refractivity contribution in [1.82, 2.24) is 9.80 Å². The summed E-state index contributed by atoms with van der Waals surface area (Å²) in [5.74, 6) is -3.31. The van der Waals surface area contributed by atoms with Crippen LogP contribution in [0, 0.1) is 17.0 Å². The maximum absolute atomic E-state index is 13.9. The fourth-order valence-corrected chi connectivity index (χ4v) is 3.80. The summed E-state index contributed by atoms with van der Waals surface area (Å²) in [5.41, 5.74) is -3.10. The molecule has 0 unspecified atom stereocenters. The second kappa shape index (κ2) is 7.63. The predicted molar refractivity (Wildman–Crippen MR) is 101 cm³/mol. The lowest BCUT2D eigenvalue weighted by Gasteiger charge is -2.46. The van der Waals surface area contributed by atoms with Crippen molar-refractivity contribution < 1.29 is 36.3 Å². The van der Waals surface area contributed by atoms with Gasteiger partial charge in [0.15, 0.2) is 11.6 Å². The van der Waals surface area contributed by atoms with Gasteiger partial charge in [-0.1, -0.05) is 6.07 Å². The number of halogens is 5. The molecule has 0 N–H and O–H groups in total. The highest BCUT2D eigenvalue weighted by Gasteiger charge is 2.70. The molecule has 1 saturated carbocycles. The van der Waals surface area contributed by atoms with Gasteiger partial charge in [-0.3, -0.25) is 9.69 Å². The maximum atomic E-state index is 13.9. The summed E-state index contributed by atoms with van der Waals surface area (Å²) in [5, 5.41) is 0. The van der Waals surface area contributed by atoms with Gasteiger partial charge in [-0.05, 0) is 58.2 Å². The van der Waals surface area contributed by atoms with Crippen LogP contribution in [0.25, 0.3) is 0 Å². The van der Waals surface area contributed by atoms with Crippen molar-refractivity contribution in [1.29, 1.82) is 0 Å². The third-order valence-electron chi connectivity index (χ3n) is 5.66. The van der Waals surface area contributed by atoms with Gasteiger partial charge in [0.25, 0.3) is 0 Å². The fourth-order valence-electron chi connectivity index (χ4n) is 3.80. The van der Waals surface area contributed by atoms with E-state index in [1.807, 2.05) is 0 Å². The van der Waals surface area contributed by atoms with E-state index < -0.39 is 52.9 Å². The Morgan fingerprint density at radius 1 is 1.03 bits per heavy atom. The van der Waals surface area contributed by atoms with Gasteiger partial charge in [-0.15, -0.1) is 0 Å². The molecule has 1 aliphatic heterocycles. The molecule has 3 rings (SSSR count). The molecular formula is C21H25F5N2O3. The van der Waals surface area contributed by atoms with Crippen molar-refractivity contribution in [2.45, 2.75) is 64.4 Å². The quantitative estimate of drug-likeness (QED) is 0.610. The Labute approximate surface area is 177 Å². The Hall–Kier alpha value is -2.39. The van der Waals surface area contributed by atoms with E-state index in [1.165, 1.54) is 11.0 Å². The molecule has 5 nitrogen and oxygen atoms in total. The van der Waals surface area contributed by atoms with Crippen LogP contribution in [0.5, 0.6) is 0 Å². The number of ether oxygens (including phenoxy) is 1. The lowest BCUT2D eigenvalue weighted by atomic mass is 9.96. The van der Waals surface area contributed by atoms with Gasteiger partial charge in [0.05, 0.1) is 6.04 Å². The third kappa shape index (κ3) is 4.48. The summed E-state index contributed by atoms with van der Waals surface area (Å²) in [4.78, 5) is 28.0. The smallest absolute Gasteiger partial charge is 0.410 e. The molecule has 0 spiro atoms. The zero-order valence-corrected chi connectivity index (χ0v) is 17.7. The van der Waals surface area contributed by atoms with Gasteiger partial charge in [0, 0.05) is 19.1 Å². The maximum Gasteiger partial charge on any atom is 0.410 e. The first kappa shape index (κ1) is 23.3. The number of piperazine rings is 1. The molecule has 0 aromatic heterocycles. The second-order valence-electron chi connectivity index (χ2n) is 9.21. The van der Waals surface area contributed by atoms with Crippen molar-refractivity contribution >= 4 is 12.0 Å². The molecule has 2 aliphatic rings. The number of hydrogen-bond acceptors (Lipinski definition) is 3. The number of carbonyl (C=O) groups excluding carboxylic acids is 2. The molecule has 2 atom stereocenters. The van der Waals surface area contributed by atoms with Crippen molar-refractivity contribution in [2.75, 3.05) is 13.1 Å². The average Bonchev–Trinajstić information content (AvgIpc) is 3.44. The number of hydrogen-bond donors (Lipinski definition) is 0. The van der Waals surface area contributed by atoms with Gasteiger partial charge in [-0.25, -0.2) is 13.6 Å². The van der Waals surface area contributed by atoms with Crippen LogP contribution in [-0.2, 0) is 9.53 Å². The number of benzene rings is 1. The van der Waals surface area contributed by atoms with Gasteiger partial charge >= 0.3 is 12.3 Å². The minimum Gasteiger partial charge on any atom is -0.444 e. The molecular weight excluding hydrogens is 423 g/mol. The van der Waals surface area contributed by atoms with Crippen LogP contribution in [0.4, 0.5) is 26.7 Å². The first-order valence-electron chi connectivity index (χ1n) is 9.99. The Bertz CT molecular complexity index is 877. The summed E-state index contributed by atoms with van der Waals surface area (Å²) < 4.78 is 73.3. The molecule has 10 heteroatoms. The second-order valence-corrected chi connectivity index (χ2v) is 9.21. The molecule has 0 bridgehead atoms. The Morgan fingerprint density at radius 2 is 1.65 bits per heavy atom. The number of amides is 2. The average molecular weight is 448 g/mol. The molecule has 2 fully saturated rings. The SMILES string of the molecule is C[C@@H]1CN(C(=O)OC(C)(C)C)[C@H](c2ccc(F)c(F)c2)CN1C(=O)C1(C(F)(F)F)CC1. The van der Waals surface area contributed by atoms with E-state index in [2.05, 4.69) is 0 Å². The van der Waals surface area contributed by atoms with Gasteiger partial charge in [-0.2, -0.15) is 13.2 Å². The first-order chi connectivity index (χ1) is 14.2. The monoisotopic (exact) mass is 448 g/mol. The largest absolute Gasteiger partial charge is 0.444 e. The van der Waals surface area contributed by atoms with Crippen LogP contribution in [0.15, 0.2) is 18.2 Å². The van der Waals surface area contributed by atoms with Gasteiger partial charge in [0.2, 0.25) is 5.91 Å². The van der Waals surface area contributed by atoms with Crippen LogP contribution in [0.2, 0.25) is 0 Å². The molecule has 172 valence electrons. The lowest BCUT2D eigenvalue weighted by molar-refractivity contribution is -0.201. The summed E-state index contributed by atoms with van der Waals surface area (Å²) in [6.07, 6.45) is -6.00. The molecule has 31 heavy (non-hydrogen) atoms. The fraction of sp³-hybridized carbons (Fsp3) is 0.619. The Kier molecular flexibility index (Phi) is 5.73. The molecule has 1 saturated heterocycles. The van der Waals surface area contributed by atoms with Crippen molar-refractivity contribution in [2.24, 2.45) is 5.41 Å². The minimum absolute atomic E-state index is 0.113. The van der Waals surface area contributed by atoms with Gasteiger partial charge < -0.3 is 9.64 Å². The van der Waals surface area contributed by atoms with Crippen LogP contribution in [0.3, 0.4) is 0 Å². The molecule has 1 aromatic carbocycles. The minimum atomic E-state index is -4.68. The molecule has 0 radical (unpaired) electrons. The van der Waals surface area contributed by atoms with E-state index >= 15 is 0 Å². The summed E-state index contributed by atoms with van der Waals surface area (Å²) in [7, 11) is 0. The van der Waals surface area contributed by atoms with Crippen LogP contribution < -0.4 is 0 Å². The molecule has 1 aromatic rings. The van der Waals surface area contributed by atoms with E-state index in [0.717, 1.165) is 17.0 Å². The Morgan fingerprint density at radius 3 is 2.13 bits per heavy atom. The third-order valence-corrected chi connectivity index (χ3v) is 5.66. The number of nitrogens with zero attached hydrogens (tertiary/aromatic N) is 2. The van der Waals surface area contributed by atoms with Crippen molar-refractivity contribution in [3.63, 3.8) is 0 Å². The van der Waals surface area contributed by atoms with Crippen molar-refractivity contribution in [3.05, 3.63) is 35.4 Å². The lowest BCUT2D eigenvalue weighted by Crippen LogP contribution is -2.59. The van der Waals surface area contributed by atoms with Crippen LogP contribution in [0.1, 0.15) is 52.1 Å². The van der Waals surface area contributed by atoms with Gasteiger partial charge in [0.1, 0.15) is 11.0 Å². The highest BCUT2D eigenvalue weighted by Crippen LogP contribution is 2.59. The molecule has 1 heterocycles. The van der Waals surface area contributed by atoms with E-state index in [-0.39, 0.29) is 31.5 Å². The number of rotatable bonds is 2. The zero-order valence-electron chi connectivity index (χ0n) is 17.7. The summed E-state index contributed by atoms with van der Waals surface area (Å²) in [6.45, 7) is 6.10. The summed E-state index contributed by atoms with van der Waals surface area (Å²) >= 11 is 0. The van der Waals surface area contributed by atoms with E-state index in [0.29, 0.717) is 0 Å². The molecule has 2 amide bonds. The standard InChI is InChI=1S/C21H25F5N2O3/c1-12-10-28(18(30)31-19(2,3)4)16(13-5-6-14(22)15(23)9-13)11-27(12)17(29)20(7-8-20)21(24,25)26/h5-6,9,12,16H,7-8,10-11H2,1-4H3/t12-,16+/m1/s1. The van der Waals surface area contributed by atoms with Crippen LogP contribution in [-0.4, -0.2) is 52.7 Å². The van der Waals surface area contributed by atoms with Crippen molar-refractivity contribution in [3.8, 4) is 0 Å². The normalized spacial score (nSPS) is 23.5. The van der Waals surface area contributed by atoms with Crippen LogP contribution >= 0.6 is 0 Å². The highest BCUT2D eigenvalue weighted by atomic mass is 19.4. The number of alkyl halides is 3.